The van der Waals surface area contributed by atoms with Gasteiger partial charge in [-0.05, 0) is 121 Å². The fourth-order valence-corrected chi connectivity index (χ4v) is 16.2. The highest BCUT2D eigenvalue weighted by atomic mass is 32.2. The van der Waals surface area contributed by atoms with Gasteiger partial charge < -0.3 is 64.6 Å². The molecule has 4 aromatic carbocycles. The lowest BCUT2D eigenvalue weighted by Crippen LogP contribution is -2.39. The number of carbonyl (C=O) groups is 4. The number of ether oxygens (including phenoxy) is 7. The number of halogens is 1. The smallest absolute Gasteiger partial charge is 0.315 e. The molecule has 82 heavy (non-hydrogen) atoms. The SMILES string of the molecule is C.COc1ccc2c(c1O)CN1CCc3cc4c(cc3C1C2)OCO4.COc1ccc2c(c1OC(=O)CCCC[C@H]1SC[C@H]3NC(=O)N[C@H]31)CN1CCc3cc4c(cc3C1C2)OCO4.O=C(O)CCCC[C@H]1SC[C@H]2NC(=O)N[C@H]21.[2H]CF. The number of carbonyl (C=O) groups excluding carboxylic acids is 3. The molecule has 8 atom stereocenters. The fraction of sp³-hybridized carbons (Fsp3) is 0.533. The van der Waals surface area contributed by atoms with Crippen molar-refractivity contribution in [2.24, 2.45) is 0 Å². The van der Waals surface area contributed by atoms with Crippen LogP contribution in [0.3, 0.4) is 0 Å². The summed E-state index contributed by atoms with van der Waals surface area (Å²) in [4.78, 5) is 50.9. The Morgan fingerprint density at radius 2 is 1.16 bits per heavy atom. The van der Waals surface area contributed by atoms with Crippen LogP contribution in [-0.2, 0) is 48.4 Å². The predicted molar refractivity (Wildman–Crippen MR) is 309 cm³/mol. The summed E-state index contributed by atoms with van der Waals surface area (Å²) in [6.07, 6.45) is 9.55. The fourth-order valence-electron chi connectivity index (χ4n) is 13.1. The maximum absolute atomic E-state index is 13.0. The zero-order valence-corrected chi connectivity index (χ0v) is 47.2. The van der Waals surface area contributed by atoms with Crippen molar-refractivity contribution in [1.29, 1.82) is 0 Å². The topological polar surface area (TPSA) is 228 Å². The van der Waals surface area contributed by atoms with Gasteiger partial charge in [0, 0.05) is 84.2 Å². The number of rotatable bonds is 13. The van der Waals surface area contributed by atoms with Crippen LogP contribution >= 0.6 is 23.5 Å². The number of phenolic OH excluding ortho intramolecular Hbond substituents is 1. The van der Waals surface area contributed by atoms with Gasteiger partial charge in [-0.25, -0.2) is 9.59 Å². The van der Waals surface area contributed by atoms with E-state index in [1.807, 2.05) is 35.7 Å². The lowest BCUT2D eigenvalue weighted by molar-refractivity contribution is -0.137. The van der Waals surface area contributed by atoms with E-state index in [-0.39, 0.29) is 74.6 Å². The molecular formula is C60H75FN6O13S2. The number of nitrogens with zero attached hydrogens (tertiary/aromatic N) is 2. The largest absolute Gasteiger partial charge is 0.504 e. The van der Waals surface area contributed by atoms with Crippen molar-refractivity contribution in [2.75, 3.05) is 59.6 Å². The summed E-state index contributed by atoms with van der Waals surface area (Å²) in [5, 5.41) is 31.6. The average Bonchev–Trinajstić information content (AvgIpc) is 4.01. The number of aliphatic carboxylic acids is 1. The number of unbranched alkanes of at least 4 members (excludes halogenated alkanes) is 2. The number of nitrogens with one attached hydrogen (secondary N) is 4. The summed E-state index contributed by atoms with van der Waals surface area (Å²) in [5.41, 5.74) is 9.71. The number of benzene rings is 4. The maximum Gasteiger partial charge on any atom is 0.315 e. The van der Waals surface area contributed by atoms with Crippen molar-refractivity contribution in [3.63, 3.8) is 0 Å². The third kappa shape index (κ3) is 12.3. The molecule has 10 heterocycles. The Hall–Kier alpha value is -6.49. The molecular weight excluding hydrogens is 1100 g/mol. The van der Waals surface area contributed by atoms with Gasteiger partial charge in [-0.2, -0.15) is 23.5 Å². The van der Waals surface area contributed by atoms with E-state index in [9.17, 15) is 28.7 Å². The Bertz CT molecular complexity index is 3050. The van der Waals surface area contributed by atoms with Crippen LogP contribution in [0.1, 0.15) is 117 Å². The number of fused-ring (bicyclic) bond motifs is 12. The highest BCUT2D eigenvalue weighted by molar-refractivity contribution is 8.00. The number of carboxylic acids is 1. The molecule has 0 spiro atoms. The van der Waals surface area contributed by atoms with Crippen molar-refractivity contribution >= 4 is 47.5 Å². The lowest BCUT2D eigenvalue weighted by atomic mass is 9.83. The van der Waals surface area contributed by atoms with Crippen LogP contribution in [0.5, 0.6) is 46.0 Å². The molecule has 19 nitrogen and oxygen atoms in total. The number of aromatic hydroxyl groups is 1. The molecule has 4 amide bonds. The second kappa shape index (κ2) is 26.0. The molecule has 0 aliphatic carbocycles. The molecule has 22 heteroatoms. The second-order valence-corrected chi connectivity index (χ2v) is 24.3. The Labute approximate surface area is 487 Å². The number of hydrogen-bond acceptors (Lipinski definition) is 16. The first kappa shape index (κ1) is 57.3. The van der Waals surface area contributed by atoms with Gasteiger partial charge in [0.05, 0.1) is 46.9 Å². The van der Waals surface area contributed by atoms with Crippen molar-refractivity contribution in [1.82, 2.24) is 31.1 Å². The Kier molecular flexibility index (Phi) is 18.2. The van der Waals surface area contributed by atoms with Gasteiger partial charge in [-0.3, -0.25) is 23.8 Å². The van der Waals surface area contributed by atoms with Crippen LogP contribution in [-0.4, -0.2) is 138 Å². The third-order valence-corrected chi connectivity index (χ3v) is 20.2. The van der Waals surface area contributed by atoms with E-state index in [0.29, 0.717) is 53.5 Å². The molecule has 0 saturated carbocycles. The molecule has 10 aliphatic heterocycles. The molecule has 4 fully saturated rings. The number of urea groups is 2. The molecule has 14 rings (SSSR count). The number of carboxylic acid groups (broad SMARTS) is 1. The molecule has 0 aromatic heterocycles. The number of phenols is 1. The van der Waals surface area contributed by atoms with Crippen LogP contribution in [0.25, 0.3) is 0 Å². The lowest BCUT2D eigenvalue weighted by Gasteiger charge is -2.42. The van der Waals surface area contributed by atoms with Crippen molar-refractivity contribution < 1.29 is 68.3 Å². The van der Waals surface area contributed by atoms with Gasteiger partial charge in [0.25, 0.3) is 0 Å². The van der Waals surface area contributed by atoms with E-state index in [1.165, 1.54) is 33.4 Å². The number of esters is 1. The number of thioether (sulfide) groups is 2. The van der Waals surface area contributed by atoms with Crippen LogP contribution < -0.4 is 54.4 Å². The minimum atomic E-state index is -1.00. The zero-order valence-electron chi connectivity index (χ0n) is 46.6. The minimum absolute atomic E-state index is 0. The minimum Gasteiger partial charge on any atom is -0.504 e. The van der Waals surface area contributed by atoms with Gasteiger partial charge in [0.15, 0.2) is 46.0 Å². The molecule has 6 N–H and O–H groups in total. The Morgan fingerprint density at radius 3 is 1.67 bits per heavy atom. The summed E-state index contributed by atoms with van der Waals surface area (Å²) in [7, 11) is 2.21. The molecule has 0 bridgehead atoms. The highest BCUT2D eigenvalue weighted by Crippen LogP contribution is 2.49. The van der Waals surface area contributed by atoms with Gasteiger partial charge >= 0.3 is 24.0 Å². The molecule has 4 saturated heterocycles. The van der Waals surface area contributed by atoms with Gasteiger partial charge in [0.1, 0.15) is 0 Å². The van der Waals surface area contributed by atoms with Crippen molar-refractivity contribution in [3.05, 3.63) is 93.0 Å². The summed E-state index contributed by atoms with van der Waals surface area (Å²) in [6.45, 7) is 3.95. The second-order valence-electron chi connectivity index (χ2n) is 21.8. The first-order chi connectivity index (χ1) is 39.9. The summed E-state index contributed by atoms with van der Waals surface area (Å²) < 4.78 is 54.7. The zero-order chi connectivity index (χ0) is 57.0. The van der Waals surface area contributed by atoms with Crippen LogP contribution in [0.2, 0.25) is 0 Å². The molecule has 0 radical (unpaired) electrons. The average molecular weight is 1170 g/mol. The summed E-state index contributed by atoms with van der Waals surface area (Å²) >= 11 is 3.77. The van der Waals surface area contributed by atoms with Crippen LogP contribution in [0.4, 0.5) is 14.0 Å². The van der Waals surface area contributed by atoms with E-state index in [1.54, 1.807) is 14.2 Å². The summed E-state index contributed by atoms with van der Waals surface area (Å²) in [5.74, 6) is 6.31. The monoisotopic (exact) mass is 1170 g/mol. The van der Waals surface area contributed by atoms with E-state index in [2.05, 4.69) is 67.5 Å². The first-order valence-electron chi connectivity index (χ1n) is 28.6. The first-order valence-corrected chi connectivity index (χ1v) is 30.0. The van der Waals surface area contributed by atoms with E-state index < -0.39 is 13.1 Å². The van der Waals surface area contributed by atoms with Gasteiger partial charge in [0.2, 0.25) is 13.6 Å². The van der Waals surface area contributed by atoms with E-state index >= 15 is 0 Å². The third-order valence-electron chi connectivity index (χ3n) is 17.2. The number of hydrogen-bond donors (Lipinski definition) is 6. The van der Waals surface area contributed by atoms with Gasteiger partial charge in [-0.15, -0.1) is 0 Å². The quantitative estimate of drug-likeness (QED) is 0.0319. The number of amides is 4. The Morgan fingerprint density at radius 1 is 0.683 bits per heavy atom. The van der Waals surface area contributed by atoms with Crippen LogP contribution in [0, 0.1) is 0 Å². The maximum atomic E-state index is 13.0. The molecule has 2 unspecified atom stereocenters. The molecule has 442 valence electrons. The predicted octanol–water partition coefficient (Wildman–Crippen LogP) is 8.51. The van der Waals surface area contributed by atoms with Crippen molar-refractivity contribution in [3.8, 4) is 46.0 Å². The Balaban J connectivity index is 0.000000149. The van der Waals surface area contributed by atoms with E-state index in [0.717, 1.165) is 129 Å². The number of alkyl halides is 1. The molecule has 10 aliphatic rings. The van der Waals surface area contributed by atoms with Gasteiger partial charge in [-0.1, -0.05) is 32.4 Å². The highest BCUT2D eigenvalue weighted by Gasteiger charge is 2.44. The van der Waals surface area contributed by atoms with Crippen LogP contribution in [0.15, 0.2) is 48.5 Å². The molecule has 4 aromatic rings. The number of methoxy groups -OCH3 is 2. The van der Waals surface area contributed by atoms with E-state index in [4.69, 9.17) is 39.6 Å². The normalized spacial score (nSPS) is 25.0. The standard InChI is InChI=1S/C29H33N3O6S.C19H19NO4.C10H16N2O3S.CH3F.CH4/c1-35-22-7-6-16-10-21-18-12-24-23(36-15-37-24)11-17(18)8-9-32(21)13-19(16)28(22)38-26(33)5-3-2-4-25-27-20(14-39-25)30-29(34)31-27;1-22-16-3-2-11-6-15-13-8-18-17(23-10-24-18)7-12(13)4-5-20(15)9-14(11)19(16)21;13-8(14)4-2-1-3-7-9-6(5-16-7)11-10(15)12-9;1-2;/h6-7,11-12,20-21,25,27H,2-5,8-10,13-15H2,1H3,(H2,30,31,34);2-3,7-8,15,21H,4-6,9-10H2,1H3;6-7,9H,1-5H2,(H,13,14)(H2,11,12,15);1H3;1H4/t20-,21?,25-,27-;;6-,7-,9-;;/m1.1../s1/i;;;1D;. The van der Waals surface area contributed by atoms with Crippen molar-refractivity contribution in [2.45, 2.75) is 144 Å². The summed E-state index contributed by atoms with van der Waals surface area (Å²) in [6, 6.07) is 17.9.